The van der Waals surface area contributed by atoms with Crippen molar-refractivity contribution < 1.29 is 21.1 Å². The first-order valence-corrected chi connectivity index (χ1v) is 0. The zero-order valence-corrected chi connectivity index (χ0v) is 9.35. The van der Waals surface area contributed by atoms with Crippen molar-refractivity contribution in [2.24, 2.45) is 0 Å². The SMILES string of the molecule is [F].[In+3].[In+3].[O-2].[O-2].[O-2]. The molecule has 0 aliphatic heterocycles. The minimum atomic E-state index is 0. The van der Waals surface area contributed by atoms with E-state index in [1.165, 1.54) is 0 Å². The van der Waals surface area contributed by atoms with Crippen molar-refractivity contribution in [2.75, 3.05) is 0 Å². The van der Waals surface area contributed by atoms with Crippen molar-refractivity contribution in [1.82, 2.24) is 0 Å². The smallest absolute Gasteiger partial charge is 2.00 e. The molecule has 0 aromatic carbocycles. The van der Waals surface area contributed by atoms with Gasteiger partial charge in [-0.05, 0) is 0 Å². The van der Waals surface area contributed by atoms with Gasteiger partial charge in [-0.2, -0.15) is 0 Å². The van der Waals surface area contributed by atoms with Crippen LogP contribution in [0.3, 0.4) is 0 Å². The number of rotatable bonds is 0. The summed E-state index contributed by atoms with van der Waals surface area (Å²) in [5.41, 5.74) is 0. The molecular weight excluding hydrogens is 297 g/mol. The van der Waals surface area contributed by atoms with Gasteiger partial charge in [0, 0.05) is 4.70 Å². The van der Waals surface area contributed by atoms with Crippen molar-refractivity contribution in [1.29, 1.82) is 0 Å². The topological polar surface area (TPSA) is 85.5 Å². The quantitative estimate of drug-likeness (QED) is 0.566. The van der Waals surface area contributed by atoms with Gasteiger partial charge in [0.05, 0.1) is 0 Å². The fourth-order valence-electron chi connectivity index (χ4n) is 0. The van der Waals surface area contributed by atoms with E-state index < -0.39 is 0 Å². The van der Waals surface area contributed by atoms with E-state index in [1.54, 1.807) is 0 Å². The zero-order valence-electron chi connectivity index (χ0n) is 2.76. The van der Waals surface area contributed by atoms with Gasteiger partial charge in [-0.25, -0.2) is 0 Å². The summed E-state index contributed by atoms with van der Waals surface area (Å²) in [4.78, 5) is 0. The molecule has 0 atom stereocenters. The largest absolute Gasteiger partial charge is 3.00 e. The minimum Gasteiger partial charge on any atom is -2.00 e. The number of hydrogen-bond donors (Lipinski definition) is 0. The Bertz CT molecular complexity index is 8.75. The monoisotopic (exact) mass is 297 g/mol. The molecule has 0 saturated heterocycles. The van der Waals surface area contributed by atoms with Gasteiger partial charge in [-0.3, -0.25) is 0 Å². The van der Waals surface area contributed by atoms with Crippen molar-refractivity contribution in [3.8, 4) is 0 Å². The molecule has 0 aromatic rings. The van der Waals surface area contributed by atoms with E-state index in [0.29, 0.717) is 0 Å². The van der Waals surface area contributed by atoms with Gasteiger partial charge >= 0.3 is 51.7 Å². The Morgan fingerprint density at radius 3 is 0.500 bits per heavy atom. The van der Waals surface area contributed by atoms with Crippen LogP contribution in [0.5, 0.6) is 0 Å². The Labute approximate surface area is 72.4 Å². The second-order valence-electron chi connectivity index (χ2n) is 0. The van der Waals surface area contributed by atoms with Gasteiger partial charge in [-0.1, -0.05) is 0 Å². The molecule has 6 heteroatoms. The summed E-state index contributed by atoms with van der Waals surface area (Å²) in [5.74, 6) is 0. The van der Waals surface area contributed by atoms with Crippen LogP contribution in [0.15, 0.2) is 0 Å². The molecule has 0 aromatic heterocycles. The molecule has 0 saturated carbocycles. The van der Waals surface area contributed by atoms with Crippen molar-refractivity contribution >= 4 is 51.7 Å². The molecule has 0 aliphatic carbocycles. The molecule has 0 fully saturated rings. The normalized spacial score (nSPS) is 0. The maximum atomic E-state index is 0. The standard InChI is InChI=1S/F.2In.3O/q;2*+3;3*-2. The summed E-state index contributed by atoms with van der Waals surface area (Å²) in [6, 6.07) is 0. The summed E-state index contributed by atoms with van der Waals surface area (Å²) in [6.07, 6.45) is 0. The summed E-state index contributed by atoms with van der Waals surface area (Å²) < 4.78 is 0. The van der Waals surface area contributed by atoms with Crippen molar-refractivity contribution in [3.05, 3.63) is 0 Å². The Hall–Kier alpha value is 1.55. The van der Waals surface area contributed by atoms with Crippen LogP contribution in [0.1, 0.15) is 0 Å². The van der Waals surface area contributed by atoms with Crippen LogP contribution in [-0.4, -0.2) is 51.7 Å². The third-order valence-electron chi connectivity index (χ3n) is 0. The fourth-order valence-corrected chi connectivity index (χ4v) is 0. The fraction of sp³-hybridized carbons (Fsp3) is 0. The van der Waals surface area contributed by atoms with E-state index in [4.69, 9.17) is 0 Å². The van der Waals surface area contributed by atoms with Crippen molar-refractivity contribution in [3.63, 3.8) is 0 Å². The molecular formula is FIn2O3. The zero-order chi connectivity index (χ0) is 0. The minimum absolute atomic E-state index is 0. The Morgan fingerprint density at radius 2 is 0.500 bits per heavy atom. The molecule has 0 bridgehead atoms. The average molecular weight is 297 g/mol. The first-order valence-electron chi connectivity index (χ1n) is 0. The second-order valence-corrected chi connectivity index (χ2v) is 0. The van der Waals surface area contributed by atoms with Crippen LogP contribution in [-0.2, 0) is 16.4 Å². The van der Waals surface area contributed by atoms with E-state index in [-0.39, 0.29) is 72.8 Å². The molecule has 0 heterocycles. The molecule has 6 heavy (non-hydrogen) atoms. The summed E-state index contributed by atoms with van der Waals surface area (Å²) in [7, 11) is 0. The van der Waals surface area contributed by atoms with Crippen LogP contribution in [0, 0.1) is 0 Å². The summed E-state index contributed by atoms with van der Waals surface area (Å²) >= 11 is 0. The molecule has 1 radical (unpaired) electrons. The third kappa shape index (κ3) is 47.8. The van der Waals surface area contributed by atoms with Gasteiger partial charge in [0.2, 0.25) is 0 Å². The molecule has 0 aliphatic rings. The maximum absolute atomic E-state index is 0. The van der Waals surface area contributed by atoms with Gasteiger partial charge in [-0.15, -0.1) is 0 Å². The number of hydrogen-bond acceptors (Lipinski definition) is 0. The van der Waals surface area contributed by atoms with E-state index in [0.717, 1.165) is 0 Å². The predicted octanol–water partition coefficient (Wildman–Crippen LogP) is -0.698. The predicted molar refractivity (Wildman–Crippen MR) is 14.7 cm³/mol. The third-order valence-corrected chi connectivity index (χ3v) is 0. The molecule has 0 amide bonds. The van der Waals surface area contributed by atoms with Crippen LogP contribution in [0.4, 0.5) is 4.70 Å². The van der Waals surface area contributed by atoms with Gasteiger partial charge in [0.25, 0.3) is 0 Å². The maximum Gasteiger partial charge on any atom is 3.00 e. The van der Waals surface area contributed by atoms with Crippen molar-refractivity contribution in [2.45, 2.75) is 0 Å². The van der Waals surface area contributed by atoms with Gasteiger partial charge < -0.3 is 16.4 Å². The summed E-state index contributed by atoms with van der Waals surface area (Å²) in [5, 5.41) is 0. The Kier molecular flexibility index (Phi) is 1890. The van der Waals surface area contributed by atoms with E-state index in [1.807, 2.05) is 0 Å². The van der Waals surface area contributed by atoms with Crippen LogP contribution < -0.4 is 0 Å². The van der Waals surface area contributed by atoms with Crippen LogP contribution in [0.25, 0.3) is 0 Å². The Balaban J connectivity index is 0. The van der Waals surface area contributed by atoms with Crippen LogP contribution in [0.2, 0.25) is 0 Å². The van der Waals surface area contributed by atoms with E-state index in [2.05, 4.69) is 0 Å². The molecule has 0 rings (SSSR count). The Morgan fingerprint density at radius 1 is 0.500 bits per heavy atom. The second kappa shape index (κ2) is 84.0. The average Bonchev–Trinajstić information content (AvgIpc) is 0. The van der Waals surface area contributed by atoms with Gasteiger partial charge in [0.1, 0.15) is 0 Å². The van der Waals surface area contributed by atoms with E-state index in [9.17, 15) is 0 Å². The van der Waals surface area contributed by atoms with E-state index >= 15 is 0 Å². The molecule has 3 nitrogen and oxygen atoms in total. The molecule has 0 N–H and O–H groups in total. The molecule has 0 spiro atoms. The summed E-state index contributed by atoms with van der Waals surface area (Å²) in [6.45, 7) is 0. The molecule has 31 valence electrons. The molecule has 0 unspecified atom stereocenters. The first-order chi connectivity index (χ1) is 0. The first kappa shape index (κ1) is 135. The van der Waals surface area contributed by atoms with Crippen LogP contribution >= 0.6 is 0 Å². The number of halogens is 1. The van der Waals surface area contributed by atoms with Gasteiger partial charge in [0.15, 0.2) is 0 Å².